The third kappa shape index (κ3) is 3.68. The second kappa shape index (κ2) is 7.38. The Hall–Kier alpha value is -2.53. The van der Waals surface area contributed by atoms with Crippen LogP contribution in [0.2, 0.25) is 0 Å². The van der Waals surface area contributed by atoms with E-state index in [1.54, 1.807) is 0 Å². The van der Waals surface area contributed by atoms with E-state index in [9.17, 15) is 4.79 Å². The standard InChI is InChI=1S/C21H25N3O2/c1-15(11-16-5-3-2-4-6-16)26-18-7-8-19-20(13-18)24-10-9-22-14-17(24)12-21(25)23-19/h2-8,13,15,17,22H,9-12,14H2,1H3,(H,23,25)/t15-,17+/m0/s1. The Morgan fingerprint density at radius 2 is 2.08 bits per heavy atom. The van der Waals surface area contributed by atoms with Gasteiger partial charge in [0.1, 0.15) is 5.75 Å². The molecular formula is C21H25N3O2. The predicted molar refractivity (Wildman–Crippen MR) is 104 cm³/mol. The van der Waals surface area contributed by atoms with Crippen LogP contribution < -0.4 is 20.3 Å². The summed E-state index contributed by atoms with van der Waals surface area (Å²) < 4.78 is 6.18. The molecule has 1 amide bonds. The average molecular weight is 351 g/mol. The van der Waals surface area contributed by atoms with Crippen molar-refractivity contribution < 1.29 is 9.53 Å². The van der Waals surface area contributed by atoms with Crippen molar-refractivity contribution >= 4 is 17.3 Å². The summed E-state index contributed by atoms with van der Waals surface area (Å²) in [5, 5.41) is 6.42. The fraction of sp³-hybridized carbons (Fsp3) is 0.381. The molecule has 0 aromatic heterocycles. The van der Waals surface area contributed by atoms with Crippen molar-refractivity contribution in [3.05, 3.63) is 54.1 Å². The van der Waals surface area contributed by atoms with Crippen LogP contribution in [0.15, 0.2) is 48.5 Å². The molecule has 2 aromatic carbocycles. The largest absolute Gasteiger partial charge is 0.490 e. The highest BCUT2D eigenvalue weighted by Gasteiger charge is 2.30. The van der Waals surface area contributed by atoms with Crippen molar-refractivity contribution in [2.75, 3.05) is 29.9 Å². The van der Waals surface area contributed by atoms with Crippen LogP contribution in [0.3, 0.4) is 0 Å². The van der Waals surface area contributed by atoms with Gasteiger partial charge in [0, 0.05) is 38.5 Å². The number of ether oxygens (including phenoxy) is 1. The third-order valence-corrected chi connectivity index (χ3v) is 5.03. The molecule has 0 radical (unpaired) electrons. The Bertz CT molecular complexity index is 778. The second-order valence-electron chi connectivity index (χ2n) is 7.10. The number of piperazine rings is 1. The van der Waals surface area contributed by atoms with Crippen molar-refractivity contribution in [3.63, 3.8) is 0 Å². The summed E-state index contributed by atoms with van der Waals surface area (Å²) in [5.74, 6) is 0.925. The van der Waals surface area contributed by atoms with Crippen LogP contribution in [0.25, 0.3) is 0 Å². The van der Waals surface area contributed by atoms with Crippen LogP contribution in [-0.2, 0) is 11.2 Å². The first-order chi connectivity index (χ1) is 12.7. The molecule has 0 saturated carbocycles. The monoisotopic (exact) mass is 351 g/mol. The molecule has 26 heavy (non-hydrogen) atoms. The third-order valence-electron chi connectivity index (χ3n) is 5.03. The topological polar surface area (TPSA) is 53.6 Å². The number of hydrogen-bond donors (Lipinski definition) is 2. The van der Waals surface area contributed by atoms with Gasteiger partial charge in [-0.2, -0.15) is 0 Å². The number of anilines is 2. The van der Waals surface area contributed by atoms with Crippen LogP contribution in [0.4, 0.5) is 11.4 Å². The van der Waals surface area contributed by atoms with Gasteiger partial charge < -0.3 is 20.3 Å². The van der Waals surface area contributed by atoms with E-state index >= 15 is 0 Å². The summed E-state index contributed by atoms with van der Waals surface area (Å²) in [4.78, 5) is 14.5. The first-order valence-electron chi connectivity index (χ1n) is 9.31. The Morgan fingerprint density at radius 3 is 2.92 bits per heavy atom. The fourth-order valence-electron chi connectivity index (χ4n) is 3.82. The maximum atomic E-state index is 12.2. The molecule has 2 N–H and O–H groups in total. The number of benzene rings is 2. The highest BCUT2D eigenvalue weighted by atomic mass is 16.5. The van der Waals surface area contributed by atoms with Crippen molar-refractivity contribution in [1.29, 1.82) is 0 Å². The van der Waals surface area contributed by atoms with Gasteiger partial charge in [-0.1, -0.05) is 30.3 Å². The zero-order valence-electron chi connectivity index (χ0n) is 15.1. The molecule has 0 spiro atoms. The summed E-state index contributed by atoms with van der Waals surface area (Å²) in [7, 11) is 0. The molecule has 1 saturated heterocycles. The van der Waals surface area contributed by atoms with Gasteiger partial charge >= 0.3 is 0 Å². The maximum absolute atomic E-state index is 12.2. The number of carbonyl (C=O) groups excluding carboxylic acids is 1. The van der Waals surface area contributed by atoms with E-state index < -0.39 is 0 Å². The molecule has 5 nitrogen and oxygen atoms in total. The highest BCUT2D eigenvalue weighted by Crippen LogP contribution is 2.35. The number of amides is 1. The molecular weight excluding hydrogens is 326 g/mol. The van der Waals surface area contributed by atoms with Gasteiger partial charge in [-0.05, 0) is 24.6 Å². The minimum absolute atomic E-state index is 0.0774. The number of fused-ring (bicyclic) bond motifs is 3. The first-order valence-corrected chi connectivity index (χ1v) is 9.31. The van der Waals surface area contributed by atoms with E-state index in [0.717, 1.165) is 43.2 Å². The summed E-state index contributed by atoms with van der Waals surface area (Å²) in [6.45, 7) is 4.76. The molecule has 2 aliphatic rings. The quantitative estimate of drug-likeness (QED) is 0.889. The lowest BCUT2D eigenvalue weighted by Gasteiger charge is -2.36. The van der Waals surface area contributed by atoms with Crippen LogP contribution >= 0.6 is 0 Å². The van der Waals surface area contributed by atoms with E-state index in [1.807, 2.05) is 18.2 Å². The molecule has 2 atom stereocenters. The SMILES string of the molecule is C[C@@H](Cc1ccccc1)Oc1ccc2c(c1)N1CCNC[C@H]1CC(=O)N2. The number of nitrogens with one attached hydrogen (secondary N) is 2. The van der Waals surface area contributed by atoms with Gasteiger partial charge in [0.2, 0.25) is 5.91 Å². The molecule has 2 heterocycles. The fourth-order valence-corrected chi connectivity index (χ4v) is 3.82. The van der Waals surface area contributed by atoms with E-state index in [4.69, 9.17) is 4.74 Å². The van der Waals surface area contributed by atoms with Crippen molar-refractivity contribution in [3.8, 4) is 5.75 Å². The molecule has 5 heteroatoms. The lowest BCUT2D eigenvalue weighted by Crippen LogP contribution is -2.51. The number of hydrogen-bond acceptors (Lipinski definition) is 4. The van der Waals surface area contributed by atoms with Gasteiger partial charge in [0.05, 0.1) is 23.5 Å². The van der Waals surface area contributed by atoms with Crippen molar-refractivity contribution in [1.82, 2.24) is 5.32 Å². The Balaban J connectivity index is 1.54. The van der Waals surface area contributed by atoms with Crippen molar-refractivity contribution in [2.24, 2.45) is 0 Å². The average Bonchev–Trinajstić information content (AvgIpc) is 2.78. The maximum Gasteiger partial charge on any atom is 0.226 e. The Kier molecular flexibility index (Phi) is 4.80. The summed E-state index contributed by atoms with van der Waals surface area (Å²) in [5.41, 5.74) is 3.21. The van der Waals surface area contributed by atoms with E-state index in [-0.39, 0.29) is 18.1 Å². The summed E-state index contributed by atoms with van der Waals surface area (Å²) >= 11 is 0. The summed E-state index contributed by atoms with van der Waals surface area (Å²) in [6, 6.07) is 16.6. The van der Waals surface area contributed by atoms with Crippen LogP contribution in [0.5, 0.6) is 5.75 Å². The molecule has 0 aliphatic carbocycles. The first kappa shape index (κ1) is 16.9. The minimum Gasteiger partial charge on any atom is -0.490 e. The number of rotatable bonds is 4. The zero-order chi connectivity index (χ0) is 17.9. The molecule has 1 fully saturated rings. The second-order valence-corrected chi connectivity index (χ2v) is 7.10. The van der Waals surface area contributed by atoms with E-state index in [2.05, 4.69) is 52.8 Å². The minimum atomic E-state index is 0.0774. The molecule has 2 aromatic rings. The van der Waals surface area contributed by atoms with E-state index in [0.29, 0.717) is 6.42 Å². The molecule has 136 valence electrons. The van der Waals surface area contributed by atoms with Gasteiger partial charge in [-0.3, -0.25) is 4.79 Å². The highest BCUT2D eigenvalue weighted by molar-refractivity contribution is 5.97. The molecule has 2 aliphatic heterocycles. The molecule has 0 bridgehead atoms. The Labute approximate surface area is 154 Å². The van der Waals surface area contributed by atoms with Gasteiger partial charge in [0.15, 0.2) is 0 Å². The van der Waals surface area contributed by atoms with Gasteiger partial charge in [-0.15, -0.1) is 0 Å². The molecule has 0 unspecified atom stereocenters. The number of carbonyl (C=O) groups is 1. The smallest absolute Gasteiger partial charge is 0.226 e. The van der Waals surface area contributed by atoms with Crippen LogP contribution in [0.1, 0.15) is 18.9 Å². The van der Waals surface area contributed by atoms with Gasteiger partial charge in [-0.25, -0.2) is 0 Å². The lowest BCUT2D eigenvalue weighted by atomic mass is 10.1. The van der Waals surface area contributed by atoms with Crippen LogP contribution in [0, 0.1) is 0 Å². The van der Waals surface area contributed by atoms with Crippen LogP contribution in [-0.4, -0.2) is 37.7 Å². The zero-order valence-corrected chi connectivity index (χ0v) is 15.1. The van der Waals surface area contributed by atoms with Gasteiger partial charge in [0.25, 0.3) is 0 Å². The normalized spacial score (nSPS) is 20.4. The Morgan fingerprint density at radius 1 is 1.23 bits per heavy atom. The molecule has 4 rings (SSSR count). The summed E-state index contributed by atoms with van der Waals surface area (Å²) in [6.07, 6.45) is 1.46. The predicted octanol–water partition coefficient (Wildman–Crippen LogP) is 2.82. The van der Waals surface area contributed by atoms with E-state index in [1.165, 1.54) is 5.56 Å². The number of nitrogens with zero attached hydrogens (tertiary/aromatic N) is 1. The van der Waals surface area contributed by atoms with Crippen molar-refractivity contribution in [2.45, 2.75) is 31.9 Å². The lowest BCUT2D eigenvalue weighted by molar-refractivity contribution is -0.116.